The first-order valence-electron chi connectivity index (χ1n) is 11.3. The number of benzene rings is 1. The van der Waals surface area contributed by atoms with E-state index in [0.29, 0.717) is 17.3 Å². The maximum Gasteiger partial charge on any atom is 0.275 e. The Labute approximate surface area is 202 Å². The van der Waals surface area contributed by atoms with Crippen LogP contribution in [0.3, 0.4) is 0 Å². The van der Waals surface area contributed by atoms with E-state index < -0.39 is 0 Å². The number of halogens is 1. The summed E-state index contributed by atoms with van der Waals surface area (Å²) in [5.74, 6) is 0.652. The summed E-state index contributed by atoms with van der Waals surface area (Å²) in [6.45, 7) is 6.10. The molecule has 1 aliphatic heterocycles. The number of aromatic nitrogens is 3. The number of amides is 1. The van der Waals surface area contributed by atoms with Crippen molar-refractivity contribution in [3.8, 4) is 11.4 Å². The lowest BCUT2D eigenvalue weighted by Crippen LogP contribution is -2.44. The van der Waals surface area contributed by atoms with Gasteiger partial charge < -0.3 is 19.7 Å². The number of hydrogen-bond donors (Lipinski definition) is 2. The number of rotatable bonds is 6. The molecule has 34 heavy (non-hydrogen) atoms. The Morgan fingerprint density at radius 2 is 2.12 bits per heavy atom. The lowest BCUT2D eigenvalue weighted by atomic mass is 9.84. The third-order valence-electron chi connectivity index (χ3n) is 7.03. The molecular formula is C25H27ClN4O4. The van der Waals surface area contributed by atoms with Crippen molar-refractivity contribution in [2.45, 2.75) is 44.8 Å². The highest BCUT2D eigenvalue weighted by molar-refractivity contribution is 6.30. The third kappa shape index (κ3) is 3.61. The third-order valence-corrected chi connectivity index (χ3v) is 7.27. The minimum Gasteiger partial charge on any atom is -0.487 e. The summed E-state index contributed by atoms with van der Waals surface area (Å²) >= 11 is 6.28. The van der Waals surface area contributed by atoms with Gasteiger partial charge in [0.25, 0.3) is 11.5 Å². The normalized spacial score (nSPS) is 21.9. The second-order valence-corrected chi connectivity index (χ2v) is 10.1. The molecule has 2 aliphatic rings. The average molecular weight is 483 g/mol. The molecule has 2 unspecified atom stereocenters. The zero-order valence-electron chi connectivity index (χ0n) is 19.3. The molecule has 0 bridgehead atoms. The molecule has 1 aromatic carbocycles. The van der Waals surface area contributed by atoms with Crippen LogP contribution < -0.4 is 15.6 Å². The molecule has 9 heteroatoms. The van der Waals surface area contributed by atoms with Crippen LogP contribution in [-0.2, 0) is 12.0 Å². The molecule has 1 saturated carbocycles. The van der Waals surface area contributed by atoms with Gasteiger partial charge in [-0.15, -0.1) is 0 Å². The van der Waals surface area contributed by atoms with Crippen LogP contribution in [0.25, 0.3) is 5.69 Å². The van der Waals surface area contributed by atoms with Gasteiger partial charge in [-0.05, 0) is 57.5 Å². The number of fused-ring (bicyclic) bond motifs is 3. The molecule has 3 aromatic rings. The zero-order valence-corrected chi connectivity index (χ0v) is 20.1. The van der Waals surface area contributed by atoms with E-state index >= 15 is 0 Å². The predicted octanol–water partition coefficient (Wildman–Crippen LogP) is 2.85. The topological polar surface area (TPSA) is 98.4 Å². The van der Waals surface area contributed by atoms with Gasteiger partial charge in [0.2, 0.25) is 0 Å². The number of carbonyl (C=O) groups excluding carboxylic acids is 1. The Morgan fingerprint density at radius 1 is 1.32 bits per heavy atom. The first kappa shape index (κ1) is 22.7. The summed E-state index contributed by atoms with van der Waals surface area (Å²) in [6.07, 6.45) is 4.16. The van der Waals surface area contributed by atoms with Crippen LogP contribution in [-0.4, -0.2) is 43.9 Å². The molecule has 178 valence electrons. The highest BCUT2D eigenvalue weighted by Gasteiger charge is 2.66. The van der Waals surface area contributed by atoms with Gasteiger partial charge in [0.05, 0.1) is 18.6 Å². The molecule has 5 rings (SSSR count). The first-order valence-corrected chi connectivity index (χ1v) is 11.7. The number of nitrogens with zero attached hydrogens (tertiary/aromatic N) is 3. The van der Waals surface area contributed by atoms with E-state index in [2.05, 4.69) is 24.1 Å². The van der Waals surface area contributed by atoms with Crippen LogP contribution in [0.5, 0.6) is 5.75 Å². The lowest BCUT2D eigenvalue weighted by molar-refractivity contribution is 0.0586. The van der Waals surface area contributed by atoms with Crippen molar-refractivity contribution < 1.29 is 14.6 Å². The van der Waals surface area contributed by atoms with Gasteiger partial charge >= 0.3 is 0 Å². The largest absolute Gasteiger partial charge is 0.487 e. The Hall–Kier alpha value is -3.10. The number of aryl methyl sites for hydroxylation is 1. The first-order chi connectivity index (χ1) is 16.2. The fourth-order valence-electron chi connectivity index (χ4n) is 5.30. The quantitative estimate of drug-likeness (QED) is 0.563. The van der Waals surface area contributed by atoms with Crippen LogP contribution in [0.15, 0.2) is 47.7 Å². The van der Waals surface area contributed by atoms with Gasteiger partial charge in [0.15, 0.2) is 0 Å². The number of hydrogen-bond acceptors (Lipinski definition) is 5. The SMILES string of the molecule is Cc1cn(-c2ccc(C(=O)NCC34CC3C(C)(C)Oc3ccc(Cl)cc34)n(CCO)c2=O)cn1. The number of carbonyl (C=O) groups is 1. The van der Waals surface area contributed by atoms with Crippen LogP contribution in [0.1, 0.15) is 42.0 Å². The van der Waals surface area contributed by atoms with Crippen LogP contribution >= 0.6 is 11.6 Å². The molecule has 0 saturated heterocycles. The number of ether oxygens (including phenoxy) is 1. The molecule has 2 N–H and O–H groups in total. The van der Waals surface area contributed by atoms with E-state index in [0.717, 1.165) is 23.4 Å². The number of aliphatic hydroxyl groups is 1. The van der Waals surface area contributed by atoms with Crippen molar-refractivity contribution in [3.05, 3.63) is 75.2 Å². The van der Waals surface area contributed by atoms with E-state index in [-0.39, 0.29) is 47.2 Å². The average Bonchev–Trinajstić information content (AvgIpc) is 3.42. The van der Waals surface area contributed by atoms with Crippen molar-refractivity contribution in [1.29, 1.82) is 0 Å². The van der Waals surface area contributed by atoms with Gasteiger partial charge in [0, 0.05) is 41.2 Å². The summed E-state index contributed by atoms with van der Waals surface area (Å²) in [7, 11) is 0. The van der Waals surface area contributed by atoms with Gasteiger partial charge in [-0.3, -0.25) is 14.2 Å². The van der Waals surface area contributed by atoms with E-state index in [1.54, 1.807) is 29.2 Å². The molecule has 1 fully saturated rings. The van der Waals surface area contributed by atoms with Crippen molar-refractivity contribution >= 4 is 17.5 Å². The molecule has 8 nitrogen and oxygen atoms in total. The van der Waals surface area contributed by atoms with Crippen molar-refractivity contribution in [2.24, 2.45) is 5.92 Å². The zero-order chi connectivity index (χ0) is 24.3. The molecular weight excluding hydrogens is 456 g/mol. The smallest absolute Gasteiger partial charge is 0.275 e. The Morgan fingerprint density at radius 3 is 2.82 bits per heavy atom. The molecule has 0 spiro atoms. The minimum atomic E-state index is -0.370. The molecule has 1 aliphatic carbocycles. The maximum atomic E-state index is 13.3. The number of pyridine rings is 1. The molecule has 0 radical (unpaired) electrons. The summed E-state index contributed by atoms with van der Waals surface area (Å²) in [5, 5.41) is 13.2. The second-order valence-electron chi connectivity index (χ2n) is 9.65. The molecule has 1 amide bonds. The van der Waals surface area contributed by atoms with Crippen molar-refractivity contribution in [1.82, 2.24) is 19.4 Å². The maximum absolute atomic E-state index is 13.3. The predicted molar refractivity (Wildman–Crippen MR) is 128 cm³/mol. The molecule has 2 atom stereocenters. The van der Waals surface area contributed by atoms with Crippen molar-refractivity contribution in [2.75, 3.05) is 13.2 Å². The number of nitrogens with one attached hydrogen (secondary N) is 1. The molecule has 3 heterocycles. The summed E-state index contributed by atoms with van der Waals surface area (Å²) in [5.41, 5.74) is 1.33. The number of aliphatic hydroxyl groups excluding tert-OH is 1. The van der Waals surface area contributed by atoms with Crippen molar-refractivity contribution in [3.63, 3.8) is 0 Å². The fraction of sp³-hybridized carbons (Fsp3) is 0.400. The highest BCUT2D eigenvalue weighted by atomic mass is 35.5. The highest BCUT2D eigenvalue weighted by Crippen LogP contribution is 2.65. The fourth-order valence-corrected chi connectivity index (χ4v) is 5.48. The Balaban J connectivity index is 1.44. The van der Waals surface area contributed by atoms with Gasteiger partial charge in [-0.1, -0.05) is 11.6 Å². The van der Waals surface area contributed by atoms with Gasteiger partial charge in [-0.25, -0.2) is 4.98 Å². The van der Waals surface area contributed by atoms with E-state index in [1.165, 1.54) is 4.57 Å². The Bertz CT molecular complexity index is 1340. The monoisotopic (exact) mass is 482 g/mol. The summed E-state index contributed by atoms with van der Waals surface area (Å²) in [4.78, 5) is 30.6. The number of imidazole rings is 1. The summed E-state index contributed by atoms with van der Waals surface area (Å²) < 4.78 is 9.14. The van der Waals surface area contributed by atoms with Gasteiger partial charge in [-0.2, -0.15) is 0 Å². The van der Waals surface area contributed by atoms with Crippen LogP contribution in [0, 0.1) is 12.8 Å². The summed E-state index contributed by atoms with van der Waals surface area (Å²) in [6, 6.07) is 8.83. The van der Waals surface area contributed by atoms with E-state index in [9.17, 15) is 14.7 Å². The van der Waals surface area contributed by atoms with Crippen LogP contribution in [0.2, 0.25) is 5.02 Å². The lowest BCUT2D eigenvalue weighted by Gasteiger charge is -2.37. The Kier molecular flexibility index (Phi) is 5.33. The second kappa shape index (κ2) is 7.99. The van der Waals surface area contributed by atoms with Gasteiger partial charge in [0.1, 0.15) is 22.7 Å². The van der Waals surface area contributed by atoms with Crippen LogP contribution in [0.4, 0.5) is 0 Å². The molecule has 2 aromatic heterocycles. The van der Waals surface area contributed by atoms with E-state index in [4.69, 9.17) is 16.3 Å². The standard InChI is InChI=1S/C25H27ClN4O4/c1-15-12-29(14-28-15)19-6-5-18(30(8-9-31)23(19)33)22(32)27-13-25-11-21(25)24(2,3)34-20-7-4-16(26)10-17(20)25/h4-7,10,12,14,21,31H,8-9,11,13H2,1-3H3,(H,27,32). The minimum absolute atomic E-state index is 0.0101. The van der Waals surface area contributed by atoms with E-state index in [1.807, 2.05) is 25.1 Å².